The SMILES string of the molecule is CCC(C)NC(=O)C(CC)N(Cc1ccc(Cl)c(Cl)c1)C(=O)CN(c1ccc(Cl)c(Cl)c1)S(=O)(=O)c1ccccc1. The maximum Gasteiger partial charge on any atom is 0.264 e. The lowest BCUT2D eigenvalue weighted by Gasteiger charge is -2.33. The van der Waals surface area contributed by atoms with Gasteiger partial charge in [0.05, 0.1) is 30.7 Å². The monoisotopic (exact) mass is 657 g/mol. The summed E-state index contributed by atoms with van der Waals surface area (Å²) in [4.78, 5) is 28.8. The van der Waals surface area contributed by atoms with Crippen LogP contribution >= 0.6 is 46.4 Å². The summed E-state index contributed by atoms with van der Waals surface area (Å²) < 4.78 is 28.7. The number of carbonyl (C=O) groups excluding carboxylic acids is 2. The summed E-state index contributed by atoms with van der Waals surface area (Å²) in [6.45, 7) is 4.97. The number of halogens is 4. The van der Waals surface area contributed by atoms with Gasteiger partial charge >= 0.3 is 0 Å². The summed E-state index contributed by atoms with van der Waals surface area (Å²) in [7, 11) is -4.23. The van der Waals surface area contributed by atoms with Gasteiger partial charge in [0, 0.05) is 12.6 Å². The van der Waals surface area contributed by atoms with Crippen molar-refractivity contribution in [2.75, 3.05) is 10.8 Å². The molecule has 0 aliphatic heterocycles. The highest BCUT2D eigenvalue weighted by Crippen LogP contribution is 2.31. The Bertz CT molecular complexity index is 1490. The molecule has 2 atom stereocenters. The zero-order chi connectivity index (χ0) is 30.3. The molecule has 0 aliphatic carbocycles. The fourth-order valence-electron chi connectivity index (χ4n) is 4.08. The van der Waals surface area contributed by atoms with Crippen molar-refractivity contribution >= 4 is 73.9 Å². The van der Waals surface area contributed by atoms with Gasteiger partial charge in [-0.05, 0) is 67.8 Å². The first-order valence-corrected chi connectivity index (χ1v) is 15.9. The number of rotatable bonds is 12. The van der Waals surface area contributed by atoms with Crippen molar-refractivity contribution < 1.29 is 18.0 Å². The van der Waals surface area contributed by atoms with E-state index < -0.39 is 28.5 Å². The summed E-state index contributed by atoms with van der Waals surface area (Å²) >= 11 is 24.7. The van der Waals surface area contributed by atoms with E-state index in [1.54, 1.807) is 43.3 Å². The lowest BCUT2D eigenvalue weighted by atomic mass is 10.1. The van der Waals surface area contributed by atoms with Gasteiger partial charge in [0.25, 0.3) is 10.0 Å². The highest BCUT2D eigenvalue weighted by Gasteiger charge is 2.34. The van der Waals surface area contributed by atoms with E-state index in [-0.39, 0.29) is 50.6 Å². The molecule has 2 amide bonds. The summed E-state index contributed by atoms with van der Waals surface area (Å²) in [5.74, 6) is -0.949. The Balaban J connectivity index is 2.09. The number of anilines is 1. The number of hydrogen-bond acceptors (Lipinski definition) is 4. The molecule has 3 rings (SSSR count). The standard InChI is InChI=1S/C29H31Cl4N3O4S/c1-4-19(3)34-29(38)27(5-2)35(17-20-11-13-23(30)25(32)15-20)28(37)18-36(21-12-14-24(31)26(33)16-21)41(39,40)22-9-7-6-8-10-22/h6-16,19,27H,4-5,17-18H2,1-3H3,(H,34,38). The van der Waals surface area contributed by atoms with Crippen molar-refractivity contribution in [1.29, 1.82) is 0 Å². The molecule has 7 nitrogen and oxygen atoms in total. The molecule has 0 spiro atoms. The molecule has 3 aromatic rings. The molecule has 0 radical (unpaired) electrons. The molecule has 0 saturated heterocycles. The van der Waals surface area contributed by atoms with Crippen LogP contribution in [0.2, 0.25) is 20.1 Å². The van der Waals surface area contributed by atoms with E-state index in [2.05, 4.69) is 5.32 Å². The van der Waals surface area contributed by atoms with E-state index in [1.165, 1.54) is 35.2 Å². The molecule has 0 bridgehead atoms. The number of benzene rings is 3. The van der Waals surface area contributed by atoms with Crippen LogP contribution in [-0.4, -0.2) is 43.8 Å². The first-order valence-electron chi connectivity index (χ1n) is 13.0. The van der Waals surface area contributed by atoms with Gasteiger partial charge in [0.2, 0.25) is 11.8 Å². The van der Waals surface area contributed by atoms with Crippen LogP contribution in [0, 0.1) is 0 Å². The van der Waals surface area contributed by atoms with Crippen LogP contribution in [0.25, 0.3) is 0 Å². The first-order chi connectivity index (χ1) is 19.4. The summed E-state index contributed by atoms with van der Waals surface area (Å²) in [6.07, 6.45) is 0.983. The number of nitrogens with one attached hydrogen (secondary N) is 1. The minimum atomic E-state index is -4.23. The van der Waals surface area contributed by atoms with E-state index in [9.17, 15) is 18.0 Å². The summed E-state index contributed by atoms with van der Waals surface area (Å²) in [5, 5.41) is 3.92. The molecule has 0 aliphatic rings. The molecule has 1 N–H and O–H groups in total. The highest BCUT2D eigenvalue weighted by atomic mass is 35.5. The van der Waals surface area contributed by atoms with Gasteiger partial charge in [-0.15, -0.1) is 0 Å². The van der Waals surface area contributed by atoms with Crippen molar-refractivity contribution in [3.05, 3.63) is 92.4 Å². The Morgan fingerprint density at radius 2 is 1.44 bits per heavy atom. The van der Waals surface area contributed by atoms with Crippen LogP contribution in [0.3, 0.4) is 0 Å². The quantitative estimate of drug-likeness (QED) is 0.223. The van der Waals surface area contributed by atoms with Gasteiger partial charge in [-0.25, -0.2) is 8.42 Å². The third-order valence-electron chi connectivity index (χ3n) is 6.53. The lowest BCUT2D eigenvalue weighted by molar-refractivity contribution is -0.140. The molecular formula is C29H31Cl4N3O4S. The molecule has 0 aromatic heterocycles. The molecule has 41 heavy (non-hydrogen) atoms. The van der Waals surface area contributed by atoms with Gasteiger partial charge in [-0.1, -0.05) is 84.5 Å². The van der Waals surface area contributed by atoms with E-state index in [0.717, 1.165) is 4.31 Å². The Labute approximate surface area is 261 Å². The largest absolute Gasteiger partial charge is 0.352 e. The summed E-state index contributed by atoms with van der Waals surface area (Å²) in [6, 6.07) is 16.0. The minimum absolute atomic E-state index is 0.0112. The van der Waals surface area contributed by atoms with Crippen LogP contribution in [0.15, 0.2) is 71.6 Å². The molecule has 3 aromatic carbocycles. The van der Waals surface area contributed by atoms with Crippen LogP contribution in [0.1, 0.15) is 39.2 Å². The van der Waals surface area contributed by atoms with Crippen molar-refractivity contribution in [1.82, 2.24) is 10.2 Å². The molecule has 12 heteroatoms. The van der Waals surface area contributed by atoms with Gasteiger partial charge < -0.3 is 10.2 Å². The molecule has 0 heterocycles. The Kier molecular flexibility index (Phi) is 11.8. The smallest absolute Gasteiger partial charge is 0.264 e. The minimum Gasteiger partial charge on any atom is -0.352 e. The average molecular weight is 659 g/mol. The topological polar surface area (TPSA) is 86.8 Å². The predicted molar refractivity (Wildman–Crippen MR) is 166 cm³/mol. The van der Waals surface area contributed by atoms with Crippen LogP contribution in [-0.2, 0) is 26.2 Å². The fraction of sp³-hybridized carbons (Fsp3) is 0.310. The van der Waals surface area contributed by atoms with Gasteiger partial charge in [0.1, 0.15) is 12.6 Å². The van der Waals surface area contributed by atoms with Gasteiger partial charge in [0.15, 0.2) is 0 Å². The molecule has 220 valence electrons. The second-order valence-electron chi connectivity index (χ2n) is 9.44. The second-order valence-corrected chi connectivity index (χ2v) is 12.9. The number of hydrogen-bond donors (Lipinski definition) is 1. The fourth-order valence-corrected chi connectivity index (χ4v) is 6.12. The summed E-state index contributed by atoms with van der Waals surface area (Å²) in [5.41, 5.74) is 0.762. The number of nitrogens with zero attached hydrogens (tertiary/aromatic N) is 2. The number of sulfonamides is 1. The third-order valence-corrected chi connectivity index (χ3v) is 9.79. The van der Waals surface area contributed by atoms with E-state index in [1.807, 2.05) is 13.8 Å². The van der Waals surface area contributed by atoms with E-state index in [4.69, 9.17) is 46.4 Å². The van der Waals surface area contributed by atoms with Crippen molar-refractivity contribution in [3.8, 4) is 0 Å². The molecule has 2 unspecified atom stereocenters. The van der Waals surface area contributed by atoms with Crippen molar-refractivity contribution in [3.63, 3.8) is 0 Å². The number of carbonyl (C=O) groups is 2. The zero-order valence-electron chi connectivity index (χ0n) is 22.8. The maximum absolute atomic E-state index is 14.1. The van der Waals surface area contributed by atoms with Crippen LogP contribution in [0.4, 0.5) is 5.69 Å². The predicted octanol–water partition coefficient (Wildman–Crippen LogP) is 7.22. The maximum atomic E-state index is 14.1. The van der Waals surface area contributed by atoms with Crippen molar-refractivity contribution in [2.24, 2.45) is 0 Å². The highest BCUT2D eigenvalue weighted by molar-refractivity contribution is 7.92. The average Bonchev–Trinajstić information content (AvgIpc) is 2.95. The third kappa shape index (κ3) is 8.30. The second kappa shape index (κ2) is 14.6. The normalized spacial score (nSPS) is 12.9. The molecule has 0 fully saturated rings. The van der Waals surface area contributed by atoms with Crippen LogP contribution < -0.4 is 9.62 Å². The first kappa shape index (κ1) is 33.0. The van der Waals surface area contributed by atoms with E-state index >= 15 is 0 Å². The Hall–Kier alpha value is -2.49. The van der Waals surface area contributed by atoms with Gasteiger partial charge in [-0.2, -0.15) is 0 Å². The van der Waals surface area contributed by atoms with Gasteiger partial charge in [-0.3, -0.25) is 13.9 Å². The van der Waals surface area contributed by atoms with Crippen molar-refractivity contribution in [2.45, 2.75) is 57.1 Å². The molecular weight excluding hydrogens is 628 g/mol. The number of amides is 2. The van der Waals surface area contributed by atoms with Crippen LogP contribution in [0.5, 0.6) is 0 Å². The van der Waals surface area contributed by atoms with E-state index in [0.29, 0.717) is 17.0 Å². The molecule has 0 saturated carbocycles. The Morgan fingerprint density at radius 3 is 2.00 bits per heavy atom. The lowest BCUT2D eigenvalue weighted by Crippen LogP contribution is -2.53. The Morgan fingerprint density at radius 1 is 0.829 bits per heavy atom. The zero-order valence-corrected chi connectivity index (χ0v) is 26.6.